The summed E-state index contributed by atoms with van der Waals surface area (Å²) < 4.78 is 5.54. The number of piperazine rings is 1. The smallest absolute Gasteiger partial charge is 0.269 e. The molecular weight excluding hydrogens is 522 g/mol. The topological polar surface area (TPSA) is 117 Å². The highest BCUT2D eigenvalue weighted by atomic mass is 16.6. The van der Waals surface area contributed by atoms with Gasteiger partial charge in [0.1, 0.15) is 5.75 Å². The first kappa shape index (κ1) is 29.1. The molecule has 3 aromatic rings. The number of ether oxygens (including phenoxy) is 1. The minimum absolute atomic E-state index is 0.000574. The zero-order chi connectivity index (χ0) is 29.4. The summed E-state index contributed by atoms with van der Waals surface area (Å²) in [5, 5.41) is 16.7. The number of anilines is 3. The number of rotatable bonds is 10. The van der Waals surface area contributed by atoms with Gasteiger partial charge in [-0.2, -0.15) is 0 Å². The van der Waals surface area contributed by atoms with Crippen molar-refractivity contribution < 1.29 is 19.2 Å². The molecule has 0 spiro atoms. The van der Waals surface area contributed by atoms with E-state index in [0.29, 0.717) is 29.9 Å². The lowest BCUT2D eigenvalue weighted by atomic mass is 10.1. The van der Waals surface area contributed by atoms with E-state index < -0.39 is 4.92 Å². The highest BCUT2D eigenvalue weighted by molar-refractivity contribution is 6.05. The van der Waals surface area contributed by atoms with Crippen LogP contribution in [0, 0.1) is 10.1 Å². The standard InChI is InChI=1S/C31H35N5O5/c1-4-22(2)32-31(38)26-21-24(33-30(37)16-11-23-9-13-25(14-10-23)36(39)40)12-15-27(26)34-17-19-35(20-18-34)28-7-5-6-8-29(28)41-3/h5-16,21-22H,4,17-20H2,1-3H3,(H,32,38)(H,33,37)/b16-11+. The molecule has 2 amide bonds. The van der Waals surface area contributed by atoms with E-state index >= 15 is 0 Å². The SMILES string of the molecule is CCC(C)NC(=O)c1cc(NC(=O)/C=C/c2ccc([N+](=O)[O-])cc2)ccc1N1CCN(c2ccccc2OC)CC1. The summed E-state index contributed by atoms with van der Waals surface area (Å²) in [6, 6.07) is 19.2. The number of nitro benzene ring substituents is 1. The number of nitrogens with one attached hydrogen (secondary N) is 2. The maximum Gasteiger partial charge on any atom is 0.269 e. The summed E-state index contributed by atoms with van der Waals surface area (Å²) in [5.41, 5.74) is 3.48. The molecule has 1 aliphatic rings. The molecule has 10 heteroatoms. The monoisotopic (exact) mass is 557 g/mol. The van der Waals surface area contributed by atoms with Gasteiger partial charge in [0.25, 0.3) is 11.6 Å². The van der Waals surface area contributed by atoms with E-state index in [-0.39, 0.29) is 23.5 Å². The summed E-state index contributed by atoms with van der Waals surface area (Å²) in [4.78, 5) is 40.8. The summed E-state index contributed by atoms with van der Waals surface area (Å²) in [5.74, 6) is 0.256. The molecule has 2 N–H and O–H groups in total. The molecule has 4 rings (SSSR count). The van der Waals surface area contributed by atoms with Gasteiger partial charge in [0.05, 0.1) is 23.3 Å². The Balaban J connectivity index is 1.50. The highest BCUT2D eigenvalue weighted by Crippen LogP contribution is 2.31. The molecule has 41 heavy (non-hydrogen) atoms. The van der Waals surface area contributed by atoms with Crippen LogP contribution < -0.4 is 25.2 Å². The average molecular weight is 558 g/mol. The minimum Gasteiger partial charge on any atom is -0.495 e. The summed E-state index contributed by atoms with van der Waals surface area (Å²) in [7, 11) is 1.67. The Kier molecular flexibility index (Phi) is 9.57. The molecule has 0 aliphatic carbocycles. The quantitative estimate of drug-likeness (QED) is 0.202. The van der Waals surface area contributed by atoms with Crippen LogP contribution in [0.5, 0.6) is 5.75 Å². The number of hydrogen-bond acceptors (Lipinski definition) is 7. The Bertz CT molecular complexity index is 1410. The Morgan fingerprint density at radius 3 is 2.29 bits per heavy atom. The van der Waals surface area contributed by atoms with Crippen LogP contribution >= 0.6 is 0 Å². The van der Waals surface area contributed by atoms with Gasteiger partial charge in [-0.25, -0.2) is 0 Å². The number of para-hydroxylation sites is 2. The molecule has 1 saturated heterocycles. The lowest BCUT2D eigenvalue weighted by Crippen LogP contribution is -2.47. The molecule has 10 nitrogen and oxygen atoms in total. The van der Waals surface area contributed by atoms with E-state index in [9.17, 15) is 19.7 Å². The van der Waals surface area contributed by atoms with E-state index in [4.69, 9.17) is 4.74 Å². The molecule has 0 radical (unpaired) electrons. The molecular formula is C31H35N5O5. The molecule has 1 unspecified atom stereocenters. The van der Waals surface area contributed by atoms with E-state index in [1.165, 1.54) is 18.2 Å². The first-order valence-electron chi connectivity index (χ1n) is 13.6. The molecule has 1 aliphatic heterocycles. The Labute approximate surface area is 239 Å². The van der Waals surface area contributed by atoms with Gasteiger partial charge in [-0.05, 0) is 67.4 Å². The third-order valence-electron chi connectivity index (χ3n) is 7.08. The van der Waals surface area contributed by atoms with Gasteiger partial charge >= 0.3 is 0 Å². The van der Waals surface area contributed by atoms with E-state index in [1.807, 2.05) is 44.2 Å². The number of carbonyl (C=O) groups excluding carboxylic acids is 2. The van der Waals surface area contributed by atoms with Crippen molar-refractivity contribution in [2.75, 3.05) is 48.4 Å². The van der Waals surface area contributed by atoms with Crippen LogP contribution in [0.15, 0.2) is 72.8 Å². The van der Waals surface area contributed by atoms with Crippen LogP contribution in [0.2, 0.25) is 0 Å². The lowest BCUT2D eigenvalue weighted by Gasteiger charge is -2.38. The maximum absolute atomic E-state index is 13.3. The normalized spacial score (nSPS) is 14.0. The number of non-ortho nitro benzene ring substituents is 1. The zero-order valence-corrected chi connectivity index (χ0v) is 23.5. The van der Waals surface area contributed by atoms with Crippen molar-refractivity contribution in [3.63, 3.8) is 0 Å². The molecule has 1 heterocycles. The molecule has 3 aromatic carbocycles. The lowest BCUT2D eigenvalue weighted by molar-refractivity contribution is -0.384. The van der Waals surface area contributed by atoms with Crippen molar-refractivity contribution in [3.05, 3.63) is 94.0 Å². The number of carbonyl (C=O) groups is 2. The average Bonchev–Trinajstić information content (AvgIpc) is 3.00. The zero-order valence-electron chi connectivity index (χ0n) is 23.5. The van der Waals surface area contributed by atoms with Crippen molar-refractivity contribution in [2.45, 2.75) is 26.3 Å². The summed E-state index contributed by atoms with van der Waals surface area (Å²) >= 11 is 0. The molecule has 0 saturated carbocycles. The van der Waals surface area contributed by atoms with Crippen molar-refractivity contribution >= 4 is 40.6 Å². The number of amides is 2. The van der Waals surface area contributed by atoms with Crippen molar-refractivity contribution in [1.82, 2.24) is 5.32 Å². The molecule has 214 valence electrons. The fourth-order valence-electron chi connectivity index (χ4n) is 4.62. The summed E-state index contributed by atoms with van der Waals surface area (Å²) in [6.45, 7) is 6.92. The molecule has 0 aromatic heterocycles. The van der Waals surface area contributed by atoms with Crippen LogP contribution in [0.1, 0.15) is 36.2 Å². The Morgan fingerprint density at radius 1 is 1.00 bits per heavy atom. The predicted molar refractivity (Wildman–Crippen MR) is 162 cm³/mol. The number of nitrogens with zero attached hydrogens (tertiary/aromatic N) is 3. The molecule has 1 atom stereocenters. The first-order chi connectivity index (χ1) is 19.8. The van der Waals surface area contributed by atoms with Crippen LogP contribution in [-0.2, 0) is 4.79 Å². The van der Waals surface area contributed by atoms with Crippen LogP contribution in [-0.4, -0.2) is 56.1 Å². The van der Waals surface area contributed by atoms with Crippen LogP contribution in [0.25, 0.3) is 6.08 Å². The maximum atomic E-state index is 13.3. The van der Waals surface area contributed by atoms with Gasteiger partial charge in [0, 0.05) is 61.8 Å². The predicted octanol–water partition coefficient (Wildman–Crippen LogP) is 5.11. The van der Waals surface area contributed by atoms with E-state index in [0.717, 1.165) is 36.6 Å². The second-order valence-corrected chi connectivity index (χ2v) is 9.83. The number of benzene rings is 3. The number of methoxy groups -OCH3 is 1. The number of nitro groups is 1. The van der Waals surface area contributed by atoms with Gasteiger partial charge in [0.15, 0.2) is 0 Å². The summed E-state index contributed by atoms with van der Waals surface area (Å²) in [6.07, 6.45) is 3.72. The Morgan fingerprint density at radius 2 is 1.66 bits per heavy atom. The second-order valence-electron chi connectivity index (χ2n) is 9.83. The first-order valence-corrected chi connectivity index (χ1v) is 13.6. The van der Waals surface area contributed by atoms with Gasteiger partial charge in [0.2, 0.25) is 5.91 Å². The van der Waals surface area contributed by atoms with Gasteiger partial charge < -0.3 is 25.2 Å². The number of hydrogen-bond donors (Lipinski definition) is 2. The third-order valence-corrected chi connectivity index (χ3v) is 7.08. The second kappa shape index (κ2) is 13.5. The van der Waals surface area contributed by atoms with Crippen molar-refractivity contribution in [2.24, 2.45) is 0 Å². The van der Waals surface area contributed by atoms with Crippen molar-refractivity contribution in [3.8, 4) is 5.75 Å². The minimum atomic E-state index is -0.473. The van der Waals surface area contributed by atoms with Gasteiger partial charge in [-0.15, -0.1) is 0 Å². The van der Waals surface area contributed by atoms with Gasteiger partial charge in [-0.3, -0.25) is 19.7 Å². The molecule has 0 bridgehead atoms. The van der Waals surface area contributed by atoms with Crippen LogP contribution in [0.3, 0.4) is 0 Å². The molecule has 1 fully saturated rings. The highest BCUT2D eigenvalue weighted by Gasteiger charge is 2.24. The van der Waals surface area contributed by atoms with Gasteiger partial charge in [-0.1, -0.05) is 19.1 Å². The fourth-order valence-corrected chi connectivity index (χ4v) is 4.62. The Hall–Kier alpha value is -4.86. The van der Waals surface area contributed by atoms with Crippen molar-refractivity contribution in [1.29, 1.82) is 0 Å². The fraction of sp³-hybridized carbons (Fsp3) is 0.290. The third kappa shape index (κ3) is 7.42. The van der Waals surface area contributed by atoms with E-state index in [1.54, 1.807) is 37.5 Å². The largest absolute Gasteiger partial charge is 0.495 e. The van der Waals surface area contributed by atoms with E-state index in [2.05, 4.69) is 20.4 Å². The van der Waals surface area contributed by atoms with Crippen LogP contribution in [0.4, 0.5) is 22.7 Å².